The third-order valence-corrected chi connectivity index (χ3v) is 3.45. The minimum Gasteiger partial charge on any atom is -0.465 e. The maximum Gasteiger partial charge on any atom is 0.312 e. The molecule has 0 aliphatic carbocycles. The maximum atomic E-state index is 11.3. The van der Waals surface area contributed by atoms with Gasteiger partial charge in [0.15, 0.2) is 0 Å². The molecule has 4 aliphatic rings. The highest BCUT2D eigenvalue weighted by atomic mass is 16.7. The van der Waals surface area contributed by atoms with E-state index in [2.05, 4.69) is 0 Å². The quantitative estimate of drug-likeness (QED) is 0.355. The first-order chi connectivity index (χ1) is 5.86. The number of hydrogen-bond donors (Lipinski definition) is 0. The number of esters is 1. The lowest BCUT2D eigenvalue weighted by Gasteiger charge is -2.11. The van der Waals surface area contributed by atoms with Gasteiger partial charge in [-0.05, 0) is 0 Å². The van der Waals surface area contributed by atoms with Gasteiger partial charge >= 0.3 is 5.97 Å². The molecule has 4 aliphatic heterocycles. The molecule has 0 amide bonds. The lowest BCUT2D eigenvalue weighted by atomic mass is 9.81. The van der Waals surface area contributed by atoms with Crippen molar-refractivity contribution in [2.45, 2.75) is 24.4 Å². The third kappa shape index (κ3) is 0.448. The average Bonchev–Trinajstić information content (AvgIpc) is 2.50. The van der Waals surface area contributed by atoms with Crippen molar-refractivity contribution in [2.75, 3.05) is 6.61 Å². The predicted molar refractivity (Wildman–Crippen MR) is 35.3 cm³/mol. The van der Waals surface area contributed by atoms with Gasteiger partial charge in [0.2, 0.25) is 0 Å². The molecule has 4 nitrogen and oxygen atoms in total. The van der Waals surface area contributed by atoms with Gasteiger partial charge in [0.05, 0.1) is 18.6 Å². The van der Waals surface area contributed by atoms with Crippen LogP contribution in [-0.2, 0) is 19.0 Å². The molecule has 6 atom stereocenters. The van der Waals surface area contributed by atoms with Crippen molar-refractivity contribution in [3.8, 4) is 0 Å². The fourth-order valence-electron chi connectivity index (χ4n) is 2.86. The van der Waals surface area contributed by atoms with Crippen molar-refractivity contribution in [3.63, 3.8) is 0 Å². The van der Waals surface area contributed by atoms with E-state index < -0.39 is 0 Å². The lowest BCUT2D eigenvalue weighted by molar-refractivity contribution is -0.145. The lowest BCUT2D eigenvalue weighted by Crippen LogP contribution is -2.33. The number of cyclic esters (lactones) is 1. The van der Waals surface area contributed by atoms with Gasteiger partial charge in [-0.3, -0.25) is 4.79 Å². The molecule has 2 bridgehead atoms. The van der Waals surface area contributed by atoms with E-state index in [4.69, 9.17) is 14.2 Å². The Bertz CT molecular complexity index is 274. The summed E-state index contributed by atoms with van der Waals surface area (Å²) in [7, 11) is 0. The largest absolute Gasteiger partial charge is 0.465 e. The summed E-state index contributed by atoms with van der Waals surface area (Å²) in [5, 5.41) is 0. The van der Waals surface area contributed by atoms with Crippen LogP contribution in [0.1, 0.15) is 0 Å². The Hall–Kier alpha value is -0.610. The summed E-state index contributed by atoms with van der Waals surface area (Å²) < 4.78 is 16.0. The molecule has 6 unspecified atom stereocenters. The molecule has 12 heavy (non-hydrogen) atoms. The van der Waals surface area contributed by atoms with Crippen LogP contribution in [0.15, 0.2) is 0 Å². The Labute approximate surface area is 68.8 Å². The Morgan fingerprint density at radius 3 is 2.75 bits per heavy atom. The molecule has 0 spiro atoms. The Morgan fingerprint density at radius 2 is 1.83 bits per heavy atom. The molecule has 0 aromatic rings. The number of carbonyl (C=O) groups excluding carboxylic acids is 1. The van der Waals surface area contributed by atoms with Crippen molar-refractivity contribution in [3.05, 3.63) is 0 Å². The molecular weight excluding hydrogens is 160 g/mol. The van der Waals surface area contributed by atoms with Crippen LogP contribution in [0.25, 0.3) is 0 Å². The van der Waals surface area contributed by atoms with E-state index in [-0.39, 0.29) is 42.2 Å². The highest BCUT2D eigenvalue weighted by Crippen LogP contribution is 2.55. The van der Waals surface area contributed by atoms with Crippen LogP contribution in [0.5, 0.6) is 0 Å². The van der Waals surface area contributed by atoms with Crippen molar-refractivity contribution in [1.29, 1.82) is 0 Å². The predicted octanol–water partition coefficient (Wildman–Crippen LogP) is -0.676. The fraction of sp³-hybridized carbons (Fsp3) is 0.875. The first-order valence-corrected chi connectivity index (χ1v) is 4.34. The van der Waals surface area contributed by atoms with Gasteiger partial charge in [0.1, 0.15) is 18.3 Å². The summed E-state index contributed by atoms with van der Waals surface area (Å²) in [5.41, 5.74) is 0. The van der Waals surface area contributed by atoms with Crippen LogP contribution in [0.2, 0.25) is 0 Å². The Kier molecular flexibility index (Phi) is 0.762. The van der Waals surface area contributed by atoms with Crippen molar-refractivity contribution >= 4 is 5.97 Å². The minimum atomic E-state index is -0.0820. The monoisotopic (exact) mass is 168 g/mol. The van der Waals surface area contributed by atoms with Gasteiger partial charge in [0.25, 0.3) is 0 Å². The zero-order valence-corrected chi connectivity index (χ0v) is 6.30. The molecule has 4 fully saturated rings. The van der Waals surface area contributed by atoms with Crippen molar-refractivity contribution in [1.82, 2.24) is 0 Å². The highest BCUT2D eigenvalue weighted by Gasteiger charge is 2.72. The zero-order valence-electron chi connectivity index (χ0n) is 6.30. The SMILES string of the molecule is O=C1OCC2C3OC(C4OC34)C12. The summed E-state index contributed by atoms with van der Waals surface area (Å²) in [6, 6.07) is 0. The van der Waals surface area contributed by atoms with E-state index in [1.54, 1.807) is 0 Å². The summed E-state index contributed by atoms with van der Waals surface area (Å²) in [5.74, 6) is 0.187. The standard InChI is InChI=1S/C8H8O4/c9-8-3-2(1-10-8)4-6-7(12-6)5(3)11-4/h2-7H,1H2. The first-order valence-electron chi connectivity index (χ1n) is 4.34. The molecule has 4 heterocycles. The second-order valence-electron chi connectivity index (χ2n) is 3.95. The normalized spacial score (nSPS) is 64.5. The second kappa shape index (κ2) is 1.54. The highest BCUT2D eigenvalue weighted by molar-refractivity contribution is 5.77. The van der Waals surface area contributed by atoms with Crippen molar-refractivity contribution < 1.29 is 19.0 Å². The number of rotatable bonds is 0. The molecule has 0 aromatic carbocycles. The van der Waals surface area contributed by atoms with Gasteiger partial charge in [-0.25, -0.2) is 0 Å². The van der Waals surface area contributed by atoms with Crippen LogP contribution < -0.4 is 0 Å². The van der Waals surface area contributed by atoms with Crippen LogP contribution in [0.3, 0.4) is 0 Å². The van der Waals surface area contributed by atoms with Gasteiger partial charge in [-0.15, -0.1) is 0 Å². The zero-order chi connectivity index (χ0) is 7.87. The van der Waals surface area contributed by atoms with Gasteiger partial charge in [-0.2, -0.15) is 0 Å². The van der Waals surface area contributed by atoms with E-state index in [1.165, 1.54) is 0 Å². The summed E-state index contributed by atoms with van der Waals surface area (Å²) >= 11 is 0. The second-order valence-corrected chi connectivity index (χ2v) is 3.95. The molecule has 4 rings (SSSR count). The molecule has 0 aromatic heterocycles. The molecule has 0 saturated carbocycles. The summed E-state index contributed by atoms with van der Waals surface area (Å²) in [6.45, 7) is 0.539. The van der Waals surface area contributed by atoms with E-state index in [0.717, 1.165) is 0 Å². The van der Waals surface area contributed by atoms with Gasteiger partial charge in [-0.1, -0.05) is 0 Å². The van der Waals surface area contributed by atoms with E-state index in [0.29, 0.717) is 6.61 Å². The summed E-state index contributed by atoms with van der Waals surface area (Å²) in [4.78, 5) is 11.3. The number of epoxide rings is 1. The van der Waals surface area contributed by atoms with Gasteiger partial charge < -0.3 is 14.2 Å². The van der Waals surface area contributed by atoms with Crippen LogP contribution in [0.4, 0.5) is 0 Å². The molecule has 4 heteroatoms. The van der Waals surface area contributed by atoms with Crippen molar-refractivity contribution in [2.24, 2.45) is 11.8 Å². The first kappa shape index (κ1) is 5.94. The number of fused-ring (bicyclic) bond motifs is 8. The van der Waals surface area contributed by atoms with Crippen LogP contribution >= 0.6 is 0 Å². The third-order valence-electron chi connectivity index (χ3n) is 3.45. The van der Waals surface area contributed by atoms with E-state index in [9.17, 15) is 4.79 Å². The Morgan fingerprint density at radius 1 is 1.08 bits per heavy atom. The number of hydrogen-bond acceptors (Lipinski definition) is 4. The number of carbonyl (C=O) groups is 1. The summed E-state index contributed by atoms with van der Waals surface area (Å²) in [6.07, 6.45) is 0.657. The van der Waals surface area contributed by atoms with Gasteiger partial charge in [0, 0.05) is 5.92 Å². The topological polar surface area (TPSA) is 48.1 Å². The maximum absolute atomic E-state index is 11.3. The van der Waals surface area contributed by atoms with Crippen LogP contribution in [-0.4, -0.2) is 37.0 Å². The average molecular weight is 168 g/mol. The van der Waals surface area contributed by atoms with E-state index in [1.807, 2.05) is 0 Å². The van der Waals surface area contributed by atoms with E-state index >= 15 is 0 Å². The van der Waals surface area contributed by atoms with Crippen LogP contribution in [0, 0.1) is 11.8 Å². The molecule has 4 saturated heterocycles. The molecular formula is C8H8O4. The molecule has 64 valence electrons. The fourth-order valence-corrected chi connectivity index (χ4v) is 2.86. The number of ether oxygens (including phenoxy) is 3. The Balaban J connectivity index is 1.80. The molecule has 0 N–H and O–H groups in total. The molecule has 0 radical (unpaired) electrons. The minimum absolute atomic E-state index is 0.0139. The smallest absolute Gasteiger partial charge is 0.312 e.